The lowest BCUT2D eigenvalue weighted by molar-refractivity contribution is -0.118. The van der Waals surface area contributed by atoms with Crippen LogP contribution in [-0.4, -0.2) is 35.6 Å². The molecule has 2 aromatic rings. The molecule has 24 heavy (non-hydrogen) atoms. The Bertz CT molecular complexity index is 779. The molecule has 0 N–H and O–H groups in total. The molecule has 1 amide bonds. The van der Waals surface area contributed by atoms with Crippen molar-refractivity contribution in [3.8, 4) is 0 Å². The molecule has 6 nitrogen and oxygen atoms in total. The highest BCUT2D eigenvalue weighted by molar-refractivity contribution is 5.92. The van der Waals surface area contributed by atoms with Crippen molar-refractivity contribution < 1.29 is 4.79 Å². The third-order valence-electron chi connectivity index (χ3n) is 4.32. The van der Waals surface area contributed by atoms with Crippen molar-refractivity contribution in [1.29, 1.82) is 0 Å². The molecular formula is C18H22N4O2. The Morgan fingerprint density at radius 1 is 1.21 bits per heavy atom. The van der Waals surface area contributed by atoms with Crippen LogP contribution in [0.5, 0.6) is 0 Å². The van der Waals surface area contributed by atoms with E-state index < -0.39 is 0 Å². The van der Waals surface area contributed by atoms with Gasteiger partial charge in [-0.25, -0.2) is 4.98 Å². The zero-order chi connectivity index (χ0) is 17.1. The SMILES string of the molecule is Cc1cc(=O)n(CC(=O)N(C)c2ccccc2)c(N2CCCC2)n1. The van der Waals surface area contributed by atoms with Gasteiger partial charge in [-0.15, -0.1) is 0 Å². The molecule has 1 saturated heterocycles. The van der Waals surface area contributed by atoms with Crippen molar-refractivity contribution >= 4 is 17.5 Å². The van der Waals surface area contributed by atoms with E-state index in [9.17, 15) is 9.59 Å². The van der Waals surface area contributed by atoms with Crippen LogP contribution in [0.3, 0.4) is 0 Å². The van der Waals surface area contributed by atoms with Crippen molar-refractivity contribution in [2.24, 2.45) is 0 Å². The van der Waals surface area contributed by atoms with Crippen molar-refractivity contribution in [1.82, 2.24) is 9.55 Å². The van der Waals surface area contributed by atoms with Crippen LogP contribution < -0.4 is 15.4 Å². The first-order valence-corrected chi connectivity index (χ1v) is 8.21. The number of hydrogen-bond donors (Lipinski definition) is 0. The first-order chi connectivity index (χ1) is 11.6. The van der Waals surface area contributed by atoms with Crippen LogP contribution in [0.2, 0.25) is 0 Å². The minimum atomic E-state index is -0.181. The van der Waals surface area contributed by atoms with Gasteiger partial charge in [-0.1, -0.05) is 18.2 Å². The average molecular weight is 326 g/mol. The topological polar surface area (TPSA) is 58.4 Å². The number of aromatic nitrogens is 2. The van der Waals surface area contributed by atoms with Gasteiger partial charge in [0.1, 0.15) is 6.54 Å². The fourth-order valence-corrected chi connectivity index (χ4v) is 2.95. The number of benzene rings is 1. The summed E-state index contributed by atoms with van der Waals surface area (Å²) in [5.74, 6) is 0.460. The van der Waals surface area contributed by atoms with E-state index in [0.717, 1.165) is 31.6 Å². The van der Waals surface area contributed by atoms with Crippen molar-refractivity contribution in [2.45, 2.75) is 26.3 Å². The molecular weight excluding hydrogens is 304 g/mol. The summed E-state index contributed by atoms with van der Waals surface area (Å²) >= 11 is 0. The summed E-state index contributed by atoms with van der Waals surface area (Å²) in [6, 6.07) is 10.9. The van der Waals surface area contributed by atoms with Crippen LogP contribution in [0.25, 0.3) is 0 Å². The van der Waals surface area contributed by atoms with E-state index in [1.54, 1.807) is 11.9 Å². The molecule has 0 unspecified atom stereocenters. The maximum Gasteiger partial charge on any atom is 0.255 e. The van der Waals surface area contributed by atoms with E-state index in [1.165, 1.54) is 10.6 Å². The molecule has 1 aromatic carbocycles. The number of rotatable bonds is 4. The van der Waals surface area contributed by atoms with E-state index in [1.807, 2.05) is 37.3 Å². The number of carbonyl (C=O) groups is 1. The number of aryl methyl sites for hydroxylation is 1. The quantitative estimate of drug-likeness (QED) is 0.860. The molecule has 0 radical (unpaired) electrons. The van der Waals surface area contributed by atoms with Crippen molar-refractivity contribution in [2.75, 3.05) is 29.9 Å². The number of nitrogens with zero attached hydrogens (tertiary/aromatic N) is 4. The highest BCUT2D eigenvalue weighted by Crippen LogP contribution is 2.18. The predicted molar refractivity (Wildman–Crippen MR) is 94.5 cm³/mol. The monoisotopic (exact) mass is 326 g/mol. The van der Waals surface area contributed by atoms with Gasteiger partial charge in [0.25, 0.3) is 5.56 Å². The van der Waals surface area contributed by atoms with E-state index in [0.29, 0.717) is 11.6 Å². The minimum Gasteiger partial charge on any atom is -0.342 e. The molecule has 0 atom stereocenters. The lowest BCUT2D eigenvalue weighted by Gasteiger charge is -2.23. The summed E-state index contributed by atoms with van der Waals surface area (Å²) in [7, 11) is 1.72. The number of hydrogen-bond acceptors (Lipinski definition) is 4. The largest absolute Gasteiger partial charge is 0.342 e. The van der Waals surface area contributed by atoms with Crippen LogP contribution in [0.4, 0.5) is 11.6 Å². The van der Waals surface area contributed by atoms with Crippen molar-refractivity contribution in [3.05, 3.63) is 52.4 Å². The number of amides is 1. The van der Waals surface area contributed by atoms with E-state index in [-0.39, 0.29) is 18.0 Å². The second-order valence-electron chi connectivity index (χ2n) is 6.10. The summed E-state index contributed by atoms with van der Waals surface area (Å²) in [5, 5.41) is 0. The van der Waals surface area contributed by atoms with Gasteiger partial charge in [-0.2, -0.15) is 0 Å². The van der Waals surface area contributed by atoms with Gasteiger partial charge in [0.15, 0.2) is 0 Å². The van der Waals surface area contributed by atoms with Crippen LogP contribution >= 0.6 is 0 Å². The Hall–Kier alpha value is -2.63. The molecule has 1 aliphatic heterocycles. The molecule has 126 valence electrons. The second kappa shape index (κ2) is 6.86. The van der Waals surface area contributed by atoms with Gasteiger partial charge in [0.05, 0.1) is 0 Å². The van der Waals surface area contributed by atoms with Gasteiger partial charge < -0.3 is 9.80 Å². The molecule has 6 heteroatoms. The van der Waals surface area contributed by atoms with Crippen LogP contribution in [0.15, 0.2) is 41.2 Å². The van der Waals surface area contributed by atoms with E-state index in [2.05, 4.69) is 9.88 Å². The first-order valence-electron chi connectivity index (χ1n) is 8.21. The average Bonchev–Trinajstić information content (AvgIpc) is 3.11. The van der Waals surface area contributed by atoms with Gasteiger partial charge in [0, 0.05) is 37.6 Å². The van der Waals surface area contributed by atoms with Gasteiger partial charge in [0.2, 0.25) is 11.9 Å². The standard InChI is InChI=1S/C18H22N4O2/c1-14-12-16(23)22(18(19-14)21-10-6-7-11-21)13-17(24)20(2)15-8-4-3-5-9-15/h3-5,8-9,12H,6-7,10-11,13H2,1-2H3. The van der Waals surface area contributed by atoms with Gasteiger partial charge >= 0.3 is 0 Å². The molecule has 0 saturated carbocycles. The number of likely N-dealkylation sites (N-methyl/N-ethyl adjacent to an activating group) is 1. The van der Waals surface area contributed by atoms with Crippen molar-refractivity contribution in [3.63, 3.8) is 0 Å². The molecule has 1 aliphatic rings. The Kier molecular flexibility index (Phi) is 4.64. The zero-order valence-corrected chi connectivity index (χ0v) is 14.1. The Labute approximate surface area is 141 Å². The van der Waals surface area contributed by atoms with E-state index in [4.69, 9.17) is 0 Å². The second-order valence-corrected chi connectivity index (χ2v) is 6.10. The normalized spacial score (nSPS) is 14.0. The zero-order valence-electron chi connectivity index (χ0n) is 14.1. The highest BCUT2D eigenvalue weighted by atomic mass is 16.2. The summed E-state index contributed by atoms with van der Waals surface area (Å²) in [6.45, 7) is 3.55. The summed E-state index contributed by atoms with van der Waals surface area (Å²) in [4.78, 5) is 33.3. The summed E-state index contributed by atoms with van der Waals surface area (Å²) in [5.41, 5.74) is 1.31. The van der Waals surface area contributed by atoms with Gasteiger partial charge in [-0.3, -0.25) is 14.2 Å². The first kappa shape index (κ1) is 16.2. The molecule has 0 aliphatic carbocycles. The van der Waals surface area contributed by atoms with Gasteiger partial charge in [-0.05, 0) is 31.9 Å². The molecule has 3 rings (SSSR count). The third-order valence-corrected chi connectivity index (χ3v) is 4.32. The fourth-order valence-electron chi connectivity index (χ4n) is 2.95. The Morgan fingerprint density at radius 3 is 2.54 bits per heavy atom. The third kappa shape index (κ3) is 3.32. The fraction of sp³-hybridized carbons (Fsp3) is 0.389. The molecule has 1 aromatic heterocycles. The summed E-state index contributed by atoms with van der Waals surface area (Å²) in [6.07, 6.45) is 2.17. The molecule has 2 heterocycles. The number of anilines is 2. The maximum atomic E-state index is 12.6. The maximum absolute atomic E-state index is 12.6. The minimum absolute atomic E-state index is 0.0106. The number of para-hydroxylation sites is 1. The number of carbonyl (C=O) groups excluding carboxylic acids is 1. The van der Waals surface area contributed by atoms with Crippen LogP contribution in [0, 0.1) is 6.92 Å². The molecule has 0 bridgehead atoms. The Morgan fingerprint density at radius 2 is 1.88 bits per heavy atom. The Balaban J connectivity index is 1.89. The lowest BCUT2D eigenvalue weighted by Crippen LogP contribution is -2.37. The van der Waals surface area contributed by atoms with Crippen LogP contribution in [-0.2, 0) is 11.3 Å². The van der Waals surface area contributed by atoms with Crippen LogP contribution in [0.1, 0.15) is 18.5 Å². The molecule has 0 spiro atoms. The smallest absolute Gasteiger partial charge is 0.255 e. The highest BCUT2D eigenvalue weighted by Gasteiger charge is 2.21. The van der Waals surface area contributed by atoms with E-state index >= 15 is 0 Å². The predicted octanol–water partition coefficient (Wildman–Crippen LogP) is 1.81. The summed E-state index contributed by atoms with van der Waals surface area (Å²) < 4.78 is 1.49. The molecule has 1 fully saturated rings. The lowest BCUT2D eigenvalue weighted by atomic mass is 10.3.